The summed E-state index contributed by atoms with van der Waals surface area (Å²) < 4.78 is 10.4. The number of nitrogens with two attached hydrogens (primary N) is 1. The largest absolute Gasteiger partial charge is 0.384 e. The van der Waals surface area contributed by atoms with Crippen LogP contribution in [0.4, 0.5) is 0 Å². The first-order valence-electron chi connectivity index (χ1n) is 5.22. The van der Waals surface area contributed by atoms with E-state index < -0.39 is 0 Å². The molecule has 1 amide bonds. The van der Waals surface area contributed by atoms with Crippen LogP contribution in [0.2, 0.25) is 0 Å². The molecule has 2 N–H and O–H groups in total. The summed E-state index contributed by atoms with van der Waals surface area (Å²) in [5, 5.41) is 0. The lowest BCUT2D eigenvalue weighted by Crippen LogP contribution is -2.55. The van der Waals surface area contributed by atoms with Crippen LogP contribution in [0, 0.1) is 0 Å². The zero-order valence-corrected chi connectivity index (χ0v) is 9.49. The van der Waals surface area contributed by atoms with Crippen LogP contribution in [0.3, 0.4) is 0 Å². The monoisotopic (exact) mass is 216 g/mol. The molecule has 1 atom stereocenters. The van der Waals surface area contributed by atoms with Crippen LogP contribution in [0.1, 0.15) is 13.3 Å². The number of hydrogen-bond acceptors (Lipinski definition) is 4. The van der Waals surface area contributed by atoms with E-state index in [1.807, 2.05) is 6.92 Å². The van der Waals surface area contributed by atoms with Crippen molar-refractivity contribution in [2.45, 2.75) is 18.9 Å². The van der Waals surface area contributed by atoms with Crippen molar-refractivity contribution in [1.29, 1.82) is 0 Å². The van der Waals surface area contributed by atoms with E-state index in [0.29, 0.717) is 39.3 Å². The Bertz CT molecular complexity index is 223. The number of nitrogens with zero attached hydrogens (tertiary/aromatic N) is 1. The van der Waals surface area contributed by atoms with E-state index in [-0.39, 0.29) is 11.5 Å². The van der Waals surface area contributed by atoms with Crippen molar-refractivity contribution in [2.24, 2.45) is 5.73 Å². The van der Waals surface area contributed by atoms with Crippen LogP contribution in [-0.4, -0.2) is 56.4 Å². The van der Waals surface area contributed by atoms with Gasteiger partial charge in [-0.05, 0) is 6.92 Å². The van der Waals surface area contributed by atoms with Gasteiger partial charge in [0.2, 0.25) is 5.91 Å². The van der Waals surface area contributed by atoms with Crippen LogP contribution in [0.25, 0.3) is 0 Å². The van der Waals surface area contributed by atoms with Crippen molar-refractivity contribution < 1.29 is 14.3 Å². The van der Waals surface area contributed by atoms with E-state index in [4.69, 9.17) is 15.2 Å². The standard InChI is InChI=1S/C10H20N2O3/c1-10(7-11)8-12(4-6-15-10)9(13)3-5-14-2/h3-8,11H2,1-2H3. The predicted octanol–water partition coefficient (Wildman–Crippen LogP) is -0.401. The molecule has 1 unspecified atom stereocenters. The Morgan fingerprint density at radius 3 is 3.00 bits per heavy atom. The van der Waals surface area contributed by atoms with Crippen LogP contribution in [0.15, 0.2) is 0 Å². The SMILES string of the molecule is COCCC(=O)N1CCOC(C)(CN)C1. The summed E-state index contributed by atoms with van der Waals surface area (Å²) in [6.45, 7) is 4.62. The summed E-state index contributed by atoms with van der Waals surface area (Å²) in [5.74, 6) is 0.111. The Kier molecular flexibility index (Phi) is 4.50. The van der Waals surface area contributed by atoms with Gasteiger partial charge in [0.1, 0.15) is 0 Å². The van der Waals surface area contributed by atoms with Crippen LogP contribution >= 0.6 is 0 Å². The summed E-state index contributed by atoms with van der Waals surface area (Å²) in [6.07, 6.45) is 0.428. The van der Waals surface area contributed by atoms with Crippen LogP contribution < -0.4 is 5.73 Å². The summed E-state index contributed by atoms with van der Waals surface area (Å²) in [6, 6.07) is 0. The molecule has 0 aliphatic carbocycles. The van der Waals surface area contributed by atoms with Gasteiger partial charge in [-0.15, -0.1) is 0 Å². The van der Waals surface area contributed by atoms with Crippen LogP contribution in [-0.2, 0) is 14.3 Å². The predicted molar refractivity (Wildman–Crippen MR) is 56.5 cm³/mol. The number of carbonyl (C=O) groups is 1. The summed E-state index contributed by atoms with van der Waals surface area (Å²) in [5.41, 5.74) is 5.22. The van der Waals surface area contributed by atoms with Crippen molar-refractivity contribution in [3.63, 3.8) is 0 Å². The fourth-order valence-corrected chi connectivity index (χ4v) is 1.61. The highest BCUT2D eigenvalue weighted by Gasteiger charge is 2.32. The van der Waals surface area contributed by atoms with Gasteiger partial charge in [0.25, 0.3) is 0 Å². The van der Waals surface area contributed by atoms with Gasteiger partial charge in [-0.3, -0.25) is 4.79 Å². The quantitative estimate of drug-likeness (QED) is 0.694. The fourth-order valence-electron chi connectivity index (χ4n) is 1.61. The van der Waals surface area contributed by atoms with E-state index in [9.17, 15) is 4.79 Å². The third kappa shape index (κ3) is 3.44. The number of methoxy groups -OCH3 is 1. The first-order chi connectivity index (χ1) is 7.11. The zero-order valence-electron chi connectivity index (χ0n) is 9.49. The molecular formula is C10H20N2O3. The molecule has 1 aliphatic heterocycles. The number of carbonyl (C=O) groups excluding carboxylic acids is 1. The van der Waals surface area contributed by atoms with Crippen molar-refractivity contribution in [2.75, 3.05) is 40.0 Å². The Morgan fingerprint density at radius 1 is 1.67 bits per heavy atom. The first kappa shape index (κ1) is 12.4. The number of morpholine rings is 1. The molecule has 0 bridgehead atoms. The van der Waals surface area contributed by atoms with E-state index >= 15 is 0 Å². The second kappa shape index (κ2) is 5.44. The topological polar surface area (TPSA) is 64.8 Å². The van der Waals surface area contributed by atoms with Gasteiger partial charge in [-0.25, -0.2) is 0 Å². The van der Waals surface area contributed by atoms with Gasteiger partial charge in [0.15, 0.2) is 0 Å². The smallest absolute Gasteiger partial charge is 0.225 e. The second-order valence-corrected chi connectivity index (χ2v) is 4.06. The van der Waals surface area contributed by atoms with Gasteiger partial charge in [-0.2, -0.15) is 0 Å². The van der Waals surface area contributed by atoms with Crippen molar-refractivity contribution in [3.8, 4) is 0 Å². The molecule has 5 heteroatoms. The molecule has 0 aromatic rings. The lowest BCUT2D eigenvalue weighted by atomic mass is 10.0. The maximum atomic E-state index is 11.7. The summed E-state index contributed by atoms with van der Waals surface area (Å²) in [7, 11) is 1.59. The second-order valence-electron chi connectivity index (χ2n) is 4.06. The molecule has 15 heavy (non-hydrogen) atoms. The number of ether oxygens (including phenoxy) is 2. The van der Waals surface area contributed by atoms with Gasteiger partial charge < -0.3 is 20.1 Å². The maximum absolute atomic E-state index is 11.7. The minimum atomic E-state index is -0.388. The molecule has 88 valence electrons. The molecule has 1 heterocycles. The molecule has 0 aromatic heterocycles. The fraction of sp³-hybridized carbons (Fsp3) is 0.900. The van der Waals surface area contributed by atoms with E-state index in [2.05, 4.69) is 0 Å². The number of rotatable bonds is 4. The first-order valence-corrected chi connectivity index (χ1v) is 5.22. The van der Waals surface area contributed by atoms with Crippen molar-refractivity contribution >= 4 is 5.91 Å². The van der Waals surface area contributed by atoms with E-state index in [0.717, 1.165) is 0 Å². The van der Waals surface area contributed by atoms with Crippen molar-refractivity contribution in [1.82, 2.24) is 4.90 Å². The highest BCUT2D eigenvalue weighted by Crippen LogP contribution is 2.16. The molecule has 1 saturated heterocycles. The molecule has 1 fully saturated rings. The van der Waals surface area contributed by atoms with Gasteiger partial charge in [-0.1, -0.05) is 0 Å². The third-order valence-electron chi connectivity index (χ3n) is 2.64. The molecule has 0 radical (unpaired) electrons. The molecule has 0 spiro atoms. The van der Waals surface area contributed by atoms with E-state index in [1.54, 1.807) is 12.0 Å². The third-order valence-corrected chi connectivity index (χ3v) is 2.64. The average Bonchev–Trinajstić information content (AvgIpc) is 2.26. The average molecular weight is 216 g/mol. The minimum Gasteiger partial charge on any atom is -0.384 e. The minimum absolute atomic E-state index is 0.111. The Morgan fingerprint density at radius 2 is 2.40 bits per heavy atom. The Labute approximate surface area is 90.5 Å². The van der Waals surface area contributed by atoms with Gasteiger partial charge in [0, 0.05) is 20.2 Å². The molecule has 5 nitrogen and oxygen atoms in total. The number of amides is 1. The van der Waals surface area contributed by atoms with E-state index in [1.165, 1.54) is 0 Å². The van der Waals surface area contributed by atoms with Crippen LogP contribution in [0.5, 0.6) is 0 Å². The highest BCUT2D eigenvalue weighted by atomic mass is 16.5. The zero-order chi connectivity index (χ0) is 11.3. The Hall–Kier alpha value is -0.650. The lowest BCUT2D eigenvalue weighted by Gasteiger charge is -2.39. The van der Waals surface area contributed by atoms with Gasteiger partial charge in [0.05, 0.1) is 31.8 Å². The lowest BCUT2D eigenvalue weighted by molar-refractivity contribution is -0.147. The summed E-state index contributed by atoms with van der Waals surface area (Å²) in [4.78, 5) is 13.5. The maximum Gasteiger partial charge on any atom is 0.225 e. The Balaban J connectivity index is 2.45. The molecule has 1 rings (SSSR count). The normalized spacial score (nSPS) is 26.7. The molecule has 1 aliphatic rings. The molecular weight excluding hydrogens is 196 g/mol. The number of hydrogen-bond donors (Lipinski definition) is 1. The van der Waals surface area contributed by atoms with Gasteiger partial charge >= 0.3 is 0 Å². The summed E-state index contributed by atoms with van der Waals surface area (Å²) >= 11 is 0. The molecule has 0 saturated carbocycles. The highest BCUT2D eigenvalue weighted by molar-refractivity contribution is 5.76. The van der Waals surface area contributed by atoms with Crippen molar-refractivity contribution in [3.05, 3.63) is 0 Å². The molecule has 0 aromatic carbocycles.